The molecule has 0 radical (unpaired) electrons. The Hall–Kier alpha value is -0.570. The summed E-state index contributed by atoms with van der Waals surface area (Å²) in [5, 5.41) is 0. The van der Waals surface area contributed by atoms with Crippen molar-refractivity contribution in [2.24, 2.45) is 17.6 Å². The van der Waals surface area contributed by atoms with Gasteiger partial charge in [-0.2, -0.15) is 0 Å². The van der Waals surface area contributed by atoms with E-state index in [9.17, 15) is 4.79 Å². The van der Waals surface area contributed by atoms with E-state index < -0.39 is 0 Å². The summed E-state index contributed by atoms with van der Waals surface area (Å²) in [5.41, 5.74) is 5.59. The molecule has 0 heterocycles. The van der Waals surface area contributed by atoms with Gasteiger partial charge in [0.05, 0.1) is 12.5 Å². The fourth-order valence-corrected chi connectivity index (χ4v) is 2.53. The molecule has 0 saturated heterocycles. The van der Waals surface area contributed by atoms with Crippen molar-refractivity contribution < 1.29 is 9.53 Å². The van der Waals surface area contributed by atoms with Gasteiger partial charge in [0.25, 0.3) is 0 Å². The molecule has 1 rings (SSSR count). The van der Waals surface area contributed by atoms with Crippen LogP contribution >= 0.6 is 0 Å². The van der Waals surface area contributed by atoms with Crippen molar-refractivity contribution in [3.8, 4) is 0 Å². The van der Waals surface area contributed by atoms with Gasteiger partial charge in [0.15, 0.2) is 0 Å². The second kappa shape index (κ2) is 8.51. The van der Waals surface area contributed by atoms with E-state index in [0.29, 0.717) is 19.1 Å². The molecule has 2 N–H and O–H groups in total. The molecule has 1 aliphatic rings. The van der Waals surface area contributed by atoms with Gasteiger partial charge < -0.3 is 10.5 Å². The Balaban J connectivity index is 2.25. The van der Waals surface area contributed by atoms with Crippen LogP contribution in [0.25, 0.3) is 0 Å². The number of carbonyl (C=O) groups excluding carboxylic acids is 1. The Morgan fingerprint density at radius 2 is 1.94 bits per heavy atom. The van der Waals surface area contributed by atoms with Crippen molar-refractivity contribution in [1.82, 2.24) is 0 Å². The van der Waals surface area contributed by atoms with Crippen molar-refractivity contribution in [3.63, 3.8) is 0 Å². The Morgan fingerprint density at radius 1 is 1.29 bits per heavy atom. The minimum atomic E-state index is -0.0919. The summed E-state index contributed by atoms with van der Waals surface area (Å²) in [7, 11) is 0. The maximum atomic E-state index is 11.8. The molecule has 3 nitrogen and oxygen atoms in total. The molecule has 100 valence electrons. The average Bonchev–Trinajstić information content (AvgIpc) is 2.61. The van der Waals surface area contributed by atoms with Gasteiger partial charge in [-0.15, -0.1) is 0 Å². The summed E-state index contributed by atoms with van der Waals surface area (Å²) in [4.78, 5) is 11.8. The first-order valence-corrected chi connectivity index (χ1v) is 7.14. The van der Waals surface area contributed by atoms with Gasteiger partial charge in [-0.25, -0.2) is 0 Å². The zero-order valence-corrected chi connectivity index (χ0v) is 11.1. The van der Waals surface area contributed by atoms with Crippen molar-refractivity contribution in [1.29, 1.82) is 0 Å². The summed E-state index contributed by atoms with van der Waals surface area (Å²) in [5.74, 6) is 0.408. The van der Waals surface area contributed by atoms with E-state index in [0.717, 1.165) is 12.8 Å². The maximum absolute atomic E-state index is 11.8. The smallest absolute Gasteiger partial charge is 0.310 e. The van der Waals surface area contributed by atoms with Crippen LogP contribution in [-0.2, 0) is 9.53 Å². The predicted molar refractivity (Wildman–Crippen MR) is 69.6 cm³/mol. The quantitative estimate of drug-likeness (QED) is 0.574. The Kier molecular flexibility index (Phi) is 7.25. The highest BCUT2D eigenvalue weighted by Gasteiger charge is 2.19. The molecule has 1 unspecified atom stereocenters. The van der Waals surface area contributed by atoms with Crippen LogP contribution in [0.2, 0.25) is 0 Å². The number of hydrogen-bond donors (Lipinski definition) is 1. The topological polar surface area (TPSA) is 52.3 Å². The number of ether oxygens (including phenoxy) is 1. The van der Waals surface area contributed by atoms with E-state index in [4.69, 9.17) is 10.5 Å². The van der Waals surface area contributed by atoms with Crippen LogP contribution < -0.4 is 5.73 Å². The first-order chi connectivity index (χ1) is 8.27. The zero-order chi connectivity index (χ0) is 12.5. The molecule has 1 saturated carbocycles. The van der Waals surface area contributed by atoms with Gasteiger partial charge in [0, 0.05) is 6.54 Å². The summed E-state index contributed by atoms with van der Waals surface area (Å²) in [6.45, 7) is 3.09. The first kappa shape index (κ1) is 14.5. The summed E-state index contributed by atoms with van der Waals surface area (Å²) >= 11 is 0. The third-order valence-electron chi connectivity index (χ3n) is 3.69. The first-order valence-electron chi connectivity index (χ1n) is 7.14. The molecular weight excluding hydrogens is 214 g/mol. The van der Waals surface area contributed by atoms with Crippen molar-refractivity contribution >= 4 is 5.97 Å². The lowest BCUT2D eigenvalue weighted by atomic mass is 10.0. The maximum Gasteiger partial charge on any atom is 0.310 e. The van der Waals surface area contributed by atoms with Crippen LogP contribution in [-0.4, -0.2) is 19.1 Å². The lowest BCUT2D eigenvalue weighted by Crippen LogP contribution is -2.27. The number of nitrogens with two attached hydrogens (primary N) is 1. The Bertz CT molecular complexity index is 210. The molecule has 0 amide bonds. The molecule has 1 atom stereocenters. The van der Waals surface area contributed by atoms with Crippen LogP contribution in [0.15, 0.2) is 0 Å². The second-order valence-electron chi connectivity index (χ2n) is 5.21. The molecular formula is C14H27NO2. The molecule has 0 aromatic carbocycles. The minimum absolute atomic E-state index is 0.0846. The Morgan fingerprint density at radius 3 is 2.47 bits per heavy atom. The lowest BCUT2D eigenvalue weighted by molar-refractivity contribution is -0.150. The van der Waals surface area contributed by atoms with Crippen LogP contribution in [0.3, 0.4) is 0 Å². The van der Waals surface area contributed by atoms with Crippen molar-refractivity contribution in [3.05, 3.63) is 0 Å². The number of rotatable bonds is 6. The SMILES string of the molecule is CCCC(CN)C(=O)OCC1CCCCCC1. The molecule has 1 aliphatic carbocycles. The molecule has 0 bridgehead atoms. The zero-order valence-electron chi connectivity index (χ0n) is 11.1. The van der Waals surface area contributed by atoms with Crippen LogP contribution in [0.5, 0.6) is 0 Å². The average molecular weight is 241 g/mol. The molecule has 0 spiro atoms. The van der Waals surface area contributed by atoms with E-state index in [-0.39, 0.29) is 11.9 Å². The molecule has 3 heteroatoms. The summed E-state index contributed by atoms with van der Waals surface area (Å²) in [6.07, 6.45) is 9.52. The second-order valence-corrected chi connectivity index (χ2v) is 5.21. The molecule has 17 heavy (non-hydrogen) atoms. The third-order valence-corrected chi connectivity index (χ3v) is 3.69. The highest BCUT2D eigenvalue weighted by Crippen LogP contribution is 2.23. The van der Waals surface area contributed by atoms with Gasteiger partial charge >= 0.3 is 5.97 Å². The predicted octanol–water partition coefficient (Wildman–Crippen LogP) is 2.88. The fourth-order valence-electron chi connectivity index (χ4n) is 2.53. The van der Waals surface area contributed by atoms with Gasteiger partial charge in [0.2, 0.25) is 0 Å². The van der Waals surface area contributed by atoms with Crippen LogP contribution in [0.4, 0.5) is 0 Å². The third kappa shape index (κ3) is 5.53. The van der Waals surface area contributed by atoms with E-state index in [1.54, 1.807) is 0 Å². The number of hydrogen-bond acceptors (Lipinski definition) is 3. The van der Waals surface area contributed by atoms with Gasteiger partial charge in [-0.1, -0.05) is 39.0 Å². The van der Waals surface area contributed by atoms with E-state index in [2.05, 4.69) is 6.92 Å². The highest BCUT2D eigenvalue weighted by molar-refractivity contribution is 5.72. The van der Waals surface area contributed by atoms with E-state index >= 15 is 0 Å². The fraction of sp³-hybridized carbons (Fsp3) is 0.929. The summed E-state index contributed by atoms with van der Waals surface area (Å²) in [6, 6.07) is 0. The molecule has 0 aromatic heterocycles. The van der Waals surface area contributed by atoms with Crippen LogP contribution in [0.1, 0.15) is 58.3 Å². The highest BCUT2D eigenvalue weighted by atomic mass is 16.5. The van der Waals surface area contributed by atoms with Gasteiger partial charge in [-0.3, -0.25) is 4.79 Å². The molecule has 0 aromatic rings. The Labute approximate surface area is 105 Å². The van der Waals surface area contributed by atoms with E-state index in [1.807, 2.05) is 0 Å². The van der Waals surface area contributed by atoms with Crippen molar-refractivity contribution in [2.75, 3.05) is 13.2 Å². The van der Waals surface area contributed by atoms with Gasteiger partial charge in [-0.05, 0) is 25.2 Å². The monoisotopic (exact) mass is 241 g/mol. The van der Waals surface area contributed by atoms with Crippen molar-refractivity contribution in [2.45, 2.75) is 58.3 Å². The lowest BCUT2D eigenvalue weighted by Gasteiger charge is -2.17. The minimum Gasteiger partial charge on any atom is -0.465 e. The number of esters is 1. The molecule has 0 aliphatic heterocycles. The molecule has 1 fully saturated rings. The van der Waals surface area contributed by atoms with Gasteiger partial charge in [0.1, 0.15) is 0 Å². The van der Waals surface area contributed by atoms with Crippen LogP contribution in [0, 0.1) is 11.8 Å². The normalized spacial score (nSPS) is 19.6. The largest absolute Gasteiger partial charge is 0.465 e. The standard InChI is InChI=1S/C14H27NO2/c1-2-7-13(10-15)14(16)17-11-12-8-5-3-4-6-9-12/h12-13H,2-11,15H2,1H3. The summed E-state index contributed by atoms with van der Waals surface area (Å²) < 4.78 is 5.42. The number of carbonyl (C=O) groups is 1. The van der Waals surface area contributed by atoms with E-state index in [1.165, 1.54) is 38.5 Å².